The van der Waals surface area contributed by atoms with Gasteiger partial charge in [0.05, 0.1) is 33.7 Å². The van der Waals surface area contributed by atoms with Crippen molar-refractivity contribution in [2.24, 2.45) is 5.84 Å². The van der Waals surface area contributed by atoms with Crippen molar-refractivity contribution in [1.29, 1.82) is 0 Å². The van der Waals surface area contributed by atoms with Crippen molar-refractivity contribution in [3.05, 3.63) is 33.0 Å². The van der Waals surface area contributed by atoms with E-state index in [-0.39, 0.29) is 6.04 Å². The minimum absolute atomic E-state index is 0.0459. The predicted octanol–water partition coefficient (Wildman–Crippen LogP) is 2.32. The third kappa shape index (κ3) is 2.97. The van der Waals surface area contributed by atoms with Gasteiger partial charge < -0.3 is 0 Å². The minimum atomic E-state index is -0.0459. The summed E-state index contributed by atoms with van der Waals surface area (Å²) in [7, 11) is 0. The Morgan fingerprint density at radius 3 is 2.84 bits per heavy atom. The molecule has 0 aliphatic rings. The standard InChI is InChI=1S/C12H18ClN5S/c1-3-8-12(13)11(18(4-2)17-8)5-9(16-14)10-6-19-7-15-10/h6-7,9,16H,3-5,14H2,1-2H3. The number of hydrazine groups is 1. The van der Waals surface area contributed by atoms with Gasteiger partial charge in [0.1, 0.15) is 0 Å². The summed E-state index contributed by atoms with van der Waals surface area (Å²) in [6.07, 6.45) is 1.51. The maximum absolute atomic E-state index is 6.40. The number of nitrogens with zero attached hydrogens (tertiary/aromatic N) is 3. The molecule has 0 saturated carbocycles. The van der Waals surface area contributed by atoms with E-state index in [2.05, 4.69) is 29.4 Å². The first-order valence-electron chi connectivity index (χ1n) is 6.29. The van der Waals surface area contributed by atoms with Crippen molar-refractivity contribution in [3.8, 4) is 0 Å². The highest BCUT2D eigenvalue weighted by Crippen LogP contribution is 2.26. The zero-order chi connectivity index (χ0) is 13.8. The van der Waals surface area contributed by atoms with E-state index in [0.29, 0.717) is 6.42 Å². The van der Waals surface area contributed by atoms with Crippen molar-refractivity contribution >= 4 is 22.9 Å². The Morgan fingerprint density at radius 1 is 1.53 bits per heavy atom. The number of nitrogens with two attached hydrogens (primary N) is 1. The maximum Gasteiger partial charge on any atom is 0.0850 e. The van der Waals surface area contributed by atoms with Crippen LogP contribution in [0.5, 0.6) is 0 Å². The van der Waals surface area contributed by atoms with Crippen LogP contribution in [0.3, 0.4) is 0 Å². The number of rotatable bonds is 6. The van der Waals surface area contributed by atoms with Crippen molar-refractivity contribution < 1.29 is 0 Å². The van der Waals surface area contributed by atoms with Gasteiger partial charge in [0.15, 0.2) is 0 Å². The Balaban J connectivity index is 2.29. The van der Waals surface area contributed by atoms with Crippen molar-refractivity contribution in [1.82, 2.24) is 20.2 Å². The molecular weight excluding hydrogens is 282 g/mol. The summed E-state index contributed by atoms with van der Waals surface area (Å²) >= 11 is 7.96. The molecule has 2 heterocycles. The molecule has 0 aromatic carbocycles. The molecule has 2 rings (SSSR count). The Morgan fingerprint density at radius 2 is 2.32 bits per heavy atom. The molecule has 0 aliphatic heterocycles. The van der Waals surface area contributed by atoms with E-state index >= 15 is 0 Å². The number of aromatic nitrogens is 3. The third-order valence-electron chi connectivity index (χ3n) is 3.10. The second-order valence-corrected chi connectivity index (χ2v) is 5.31. The lowest BCUT2D eigenvalue weighted by atomic mass is 10.1. The summed E-state index contributed by atoms with van der Waals surface area (Å²) in [5.74, 6) is 5.63. The van der Waals surface area contributed by atoms with Crippen LogP contribution >= 0.6 is 22.9 Å². The lowest BCUT2D eigenvalue weighted by Crippen LogP contribution is -2.30. The Kier molecular flexibility index (Phi) is 4.93. The average molecular weight is 300 g/mol. The first-order chi connectivity index (χ1) is 9.21. The quantitative estimate of drug-likeness (QED) is 0.634. The van der Waals surface area contributed by atoms with Crippen molar-refractivity contribution in [2.45, 2.75) is 39.3 Å². The van der Waals surface area contributed by atoms with Crippen LogP contribution in [0, 0.1) is 0 Å². The molecule has 19 heavy (non-hydrogen) atoms. The fourth-order valence-electron chi connectivity index (χ4n) is 2.05. The van der Waals surface area contributed by atoms with Crippen LogP contribution < -0.4 is 11.3 Å². The van der Waals surface area contributed by atoms with Crippen molar-refractivity contribution in [2.75, 3.05) is 0 Å². The summed E-state index contributed by atoms with van der Waals surface area (Å²) < 4.78 is 1.94. The molecule has 0 spiro atoms. The van der Waals surface area contributed by atoms with Crippen LogP contribution in [-0.4, -0.2) is 14.8 Å². The molecule has 0 aliphatic carbocycles. The molecule has 0 radical (unpaired) electrons. The van der Waals surface area contributed by atoms with Gasteiger partial charge in [-0.2, -0.15) is 5.10 Å². The van der Waals surface area contributed by atoms with Gasteiger partial charge >= 0.3 is 0 Å². The number of halogens is 1. The normalized spacial score (nSPS) is 12.8. The molecule has 0 amide bonds. The van der Waals surface area contributed by atoms with Crippen LogP contribution in [-0.2, 0) is 19.4 Å². The van der Waals surface area contributed by atoms with Gasteiger partial charge in [-0.25, -0.2) is 4.98 Å². The minimum Gasteiger partial charge on any atom is -0.271 e. The number of aryl methyl sites for hydroxylation is 2. The fourth-order valence-corrected chi connectivity index (χ4v) is 3.00. The number of hydrogen-bond donors (Lipinski definition) is 2. The predicted molar refractivity (Wildman–Crippen MR) is 78.2 cm³/mol. The molecule has 5 nitrogen and oxygen atoms in total. The largest absolute Gasteiger partial charge is 0.271 e. The van der Waals surface area contributed by atoms with Crippen LogP contribution in [0.25, 0.3) is 0 Å². The monoisotopic (exact) mass is 299 g/mol. The molecule has 0 saturated heterocycles. The van der Waals surface area contributed by atoms with E-state index in [1.165, 1.54) is 0 Å². The van der Waals surface area contributed by atoms with Crippen LogP contribution in [0.1, 0.15) is 37.0 Å². The Bertz CT molecular complexity index is 522. The summed E-state index contributed by atoms with van der Waals surface area (Å²) in [6.45, 7) is 4.90. The lowest BCUT2D eigenvalue weighted by molar-refractivity contribution is 0.509. The molecule has 1 atom stereocenters. The van der Waals surface area contributed by atoms with Crippen LogP contribution in [0.2, 0.25) is 5.02 Å². The summed E-state index contributed by atoms with van der Waals surface area (Å²) in [4.78, 5) is 4.30. The van der Waals surface area contributed by atoms with E-state index in [1.807, 2.05) is 10.1 Å². The van der Waals surface area contributed by atoms with Gasteiger partial charge in [0.25, 0.3) is 0 Å². The highest BCUT2D eigenvalue weighted by Gasteiger charge is 2.20. The average Bonchev–Trinajstić information content (AvgIpc) is 3.04. The SMILES string of the molecule is CCc1nn(CC)c(CC(NN)c2cscn2)c1Cl. The first-order valence-corrected chi connectivity index (χ1v) is 7.61. The summed E-state index contributed by atoms with van der Waals surface area (Å²) in [5, 5.41) is 7.26. The van der Waals surface area contributed by atoms with E-state index in [0.717, 1.165) is 35.1 Å². The second-order valence-electron chi connectivity index (χ2n) is 4.21. The Hall–Kier alpha value is -0.950. The molecule has 0 bridgehead atoms. The molecule has 2 aromatic heterocycles. The maximum atomic E-state index is 6.40. The van der Waals surface area contributed by atoms with Crippen molar-refractivity contribution in [3.63, 3.8) is 0 Å². The van der Waals surface area contributed by atoms with E-state index < -0.39 is 0 Å². The molecule has 3 N–H and O–H groups in total. The first kappa shape index (κ1) is 14.5. The van der Waals surface area contributed by atoms with Gasteiger partial charge in [0.2, 0.25) is 0 Å². The second kappa shape index (κ2) is 6.47. The summed E-state index contributed by atoms with van der Waals surface area (Å²) in [6, 6.07) is -0.0459. The number of hydrogen-bond acceptors (Lipinski definition) is 5. The zero-order valence-electron chi connectivity index (χ0n) is 11.1. The van der Waals surface area contributed by atoms with Gasteiger partial charge in [-0.15, -0.1) is 11.3 Å². The fraction of sp³-hybridized carbons (Fsp3) is 0.500. The van der Waals surface area contributed by atoms with Gasteiger partial charge in [0, 0.05) is 18.3 Å². The Labute approximate surface area is 121 Å². The molecule has 104 valence electrons. The molecule has 1 unspecified atom stereocenters. The van der Waals surface area contributed by atoms with Gasteiger partial charge in [-0.3, -0.25) is 16.0 Å². The van der Waals surface area contributed by atoms with Crippen LogP contribution in [0.15, 0.2) is 10.9 Å². The van der Waals surface area contributed by atoms with E-state index in [9.17, 15) is 0 Å². The third-order valence-corrected chi connectivity index (χ3v) is 4.14. The van der Waals surface area contributed by atoms with Gasteiger partial charge in [-0.1, -0.05) is 18.5 Å². The highest BCUT2D eigenvalue weighted by molar-refractivity contribution is 7.07. The van der Waals surface area contributed by atoms with E-state index in [1.54, 1.807) is 16.8 Å². The lowest BCUT2D eigenvalue weighted by Gasteiger charge is -2.14. The molecule has 2 aromatic rings. The highest BCUT2D eigenvalue weighted by atomic mass is 35.5. The zero-order valence-corrected chi connectivity index (χ0v) is 12.6. The molecule has 7 heteroatoms. The number of nitrogens with one attached hydrogen (secondary N) is 1. The van der Waals surface area contributed by atoms with Gasteiger partial charge in [-0.05, 0) is 13.3 Å². The number of thiazole rings is 1. The van der Waals surface area contributed by atoms with Crippen LogP contribution in [0.4, 0.5) is 0 Å². The summed E-state index contributed by atoms with van der Waals surface area (Å²) in [5.41, 5.74) is 7.49. The van der Waals surface area contributed by atoms with E-state index in [4.69, 9.17) is 17.4 Å². The molecular formula is C12H18ClN5S. The topological polar surface area (TPSA) is 68.8 Å². The smallest absolute Gasteiger partial charge is 0.0850 e. The molecule has 0 fully saturated rings.